The van der Waals surface area contributed by atoms with Gasteiger partial charge in [-0.3, -0.25) is 0 Å². The van der Waals surface area contributed by atoms with Crippen LogP contribution >= 0.6 is 11.6 Å². The Balaban J connectivity index is 2.63. The first-order chi connectivity index (χ1) is 7.09. The third kappa shape index (κ3) is 1.85. The summed E-state index contributed by atoms with van der Waals surface area (Å²) in [5.41, 5.74) is 3.07. The zero-order valence-corrected chi connectivity index (χ0v) is 9.91. The van der Waals surface area contributed by atoms with E-state index in [1.807, 2.05) is 39.3 Å². The molecule has 80 valence electrons. The number of rotatable bonds is 2. The second kappa shape index (κ2) is 3.83. The minimum Gasteiger partial charge on any atom is -0.304 e. The normalized spacial score (nSPS) is 11.5. The monoisotopic (exact) mass is 223 g/mol. The Labute approximate surface area is 94.3 Å². The van der Waals surface area contributed by atoms with Crippen molar-refractivity contribution in [2.45, 2.75) is 13.5 Å². The van der Waals surface area contributed by atoms with Gasteiger partial charge in [0.25, 0.3) is 0 Å². The van der Waals surface area contributed by atoms with Crippen molar-refractivity contribution in [3.05, 3.63) is 34.7 Å². The molecule has 0 fully saturated rings. The van der Waals surface area contributed by atoms with E-state index in [1.54, 1.807) is 0 Å². The Hall–Kier alpha value is -1.06. The van der Waals surface area contributed by atoms with Crippen LogP contribution in [0.3, 0.4) is 0 Å². The van der Waals surface area contributed by atoms with Gasteiger partial charge in [-0.1, -0.05) is 11.6 Å². The Bertz CT molecular complexity index is 488. The van der Waals surface area contributed by atoms with Crippen LogP contribution < -0.4 is 0 Å². The van der Waals surface area contributed by atoms with E-state index in [0.29, 0.717) is 5.02 Å². The molecule has 3 nitrogen and oxygen atoms in total. The van der Waals surface area contributed by atoms with Crippen molar-refractivity contribution in [2.24, 2.45) is 0 Å². The van der Waals surface area contributed by atoms with Gasteiger partial charge in [0.05, 0.1) is 16.4 Å². The van der Waals surface area contributed by atoms with Crippen LogP contribution in [0.2, 0.25) is 5.02 Å². The van der Waals surface area contributed by atoms with E-state index in [0.717, 1.165) is 17.9 Å². The zero-order chi connectivity index (χ0) is 11.0. The van der Waals surface area contributed by atoms with Gasteiger partial charge in [-0.05, 0) is 33.2 Å². The van der Waals surface area contributed by atoms with E-state index in [1.165, 1.54) is 5.69 Å². The fraction of sp³-hybridized carbons (Fsp3) is 0.364. The SMILES string of the molecule is Cc1nc2c(Cl)cccn2c1CN(C)C. The van der Waals surface area contributed by atoms with E-state index in [9.17, 15) is 0 Å². The van der Waals surface area contributed by atoms with Gasteiger partial charge in [0, 0.05) is 12.7 Å². The van der Waals surface area contributed by atoms with Crippen molar-refractivity contribution in [3.63, 3.8) is 0 Å². The first kappa shape index (κ1) is 10.5. The summed E-state index contributed by atoms with van der Waals surface area (Å²) in [5, 5.41) is 0.700. The third-order valence-electron chi connectivity index (χ3n) is 2.37. The summed E-state index contributed by atoms with van der Waals surface area (Å²) in [4.78, 5) is 6.59. The number of aromatic nitrogens is 2. The highest BCUT2D eigenvalue weighted by atomic mass is 35.5. The molecule has 2 aromatic heterocycles. The average Bonchev–Trinajstić information content (AvgIpc) is 2.45. The van der Waals surface area contributed by atoms with Crippen LogP contribution in [-0.2, 0) is 6.54 Å². The van der Waals surface area contributed by atoms with Gasteiger partial charge in [0.15, 0.2) is 5.65 Å². The summed E-state index contributed by atoms with van der Waals surface area (Å²) in [6.07, 6.45) is 2.00. The smallest absolute Gasteiger partial charge is 0.156 e. The van der Waals surface area contributed by atoms with Crippen LogP contribution in [0.15, 0.2) is 18.3 Å². The highest BCUT2D eigenvalue weighted by Gasteiger charge is 2.10. The van der Waals surface area contributed by atoms with Crippen LogP contribution in [0.1, 0.15) is 11.4 Å². The molecule has 0 spiro atoms. The first-order valence-corrected chi connectivity index (χ1v) is 5.24. The molecule has 0 atom stereocenters. The molecule has 2 heterocycles. The van der Waals surface area contributed by atoms with Gasteiger partial charge in [-0.2, -0.15) is 0 Å². The summed E-state index contributed by atoms with van der Waals surface area (Å²) in [6, 6.07) is 3.80. The second-order valence-electron chi connectivity index (χ2n) is 3.93. The van der Waals surface area contributed by atoms with E-state index in [2.05, 4.69) is 14.3 Å². The molecule has 0 aliphatic rings. The molecule has 0 aliphatic carbocycles. The number of pyridine rings is 1. The number of halogens is 1. The number of fused-ring (bicyclic) bond motifs is 1. The Kier molecular flexibility index (Phi) is 2.67. The maximum Gasteiger partial charge on any atom is 0.156 e. The fourth-order valence-electron chi connectivity index (χ4n) is 1.69. The highest BCUT2D eigenvalue weighted by molar-refractivity contribution is 6.33. The van der Waals surface area contributed by atoms with Crippen LogP contribution in [0, 0.1) is 6.92 Å². The van der Waals surface area contributed by atoms with Crippen molar-refractivity contribution >= 4 is 17.2 Å². The van der Waals surface area contributed by atoms with Gasteiger partial charge in [-0.15, -0.1) is 0 Å². The van der Waals surface area contributed by atoms with Crippen molar-refractivity contribution in [3.8, 4) is 0 Å². The predicted octanol–water partition coefficient (Wildman–Crippen LogP) is 2.36. The van der Waals surface area contributed by atoms with Gasteiger partial charge >= 0.3 is 0 Å². The van der Waals surface area contributed by atoms with Gasteiger partial charge in [0.2, 0.25) is 0 Å². The maximum atomic E-state index is 6.08. The molecule has 0 unspecified atom stereocenters. The molecule has 2 rings (SSSR count). The Morgan fingerprint density at radius 3 is 2.87 bits per heavy atom. The van der Waals surface area contributed by atoms with E-state index in [-0.39, 0.29) is 0 Å². The number of aryl methyl sites for hydroxylation is 1. The molecule has 2 aromatic rings. The van der Waals surface area contributed by atoms with Crippen molar-refractivity contribution in [1.29, 1.82) is 0 Å². The van der Waals surface area contributed by atoms with Crippen LogP contribution in [-0.4, -0.2) is 28.4 Å². The molecule has 0 N–H and O–H groups in total. The number of nitrogens with zero attached hydrogens (tertiary/aromatic N) is 3. The lowest BCUT2D eigenvalue weighted by molar-refractivity contribution is 0.394. The van der Waals surface area contributed by atoms with Crippen LogP contribution in [0.4, 0.5) is 0 Å². The number of imidazole rings is 1. The maximum absolute atomic E-state index is 6.08. The Morgan fingerprint density at radius 1 is 1.47 bits per heavy atom. The summed E-state index contributed by atoms with van der Waals surface area (Å²) >= 11 is 6.08. The fourth-order valence-corrected chi connectivity index (χ4v) is 1.89. The minimum atomic E-state index is 0.700. The van der Waals surface area contributed by atoms with Crippen molar-refractivity contribution in [2.75, 3.05) is 14.1 Å². The molecule has 0 saturated carbocycles. The largest absolute Gasteiger partial charge is 0.304 e. The average molecular weight is 224 g/mol. The van der Waals surface area contributed by atoms with Crippen molar-refractivity contribution < 1.29 is 0 Å². The van der Waals surface area contributed by atoms with Gasteiger partial charge in [0.1, 0.15) is 0 Å². The molecule has 15 heavy (non-hydrogen) atoms. The lowest BCUT2D eigenvalue weighted by atomic mass is 10.3. The molecule has 0 saturated heterocycles. The van der Waals surface area contributed by atoms with Crippen molar-refractivity contribution in [1.82, 2.24) is 14.3 Å². The second-order valence-corrected chi connectivity index (χ2v) is 4.34. The molecule has 4 heteroatoms. The molecule has 0 bridgehead atoms. The zero-order valence-electron chi connectivity index (χ0n) is 9.16. The lowest BCUT2D eigenvalue weighted by Gasteiger charge is -2.09. The quantitative estimate of drug-likeness (QED) is 0.779. The summed E-state index contributed by atoms with van der Waals surface area (Å²) in [7, 11) is 4.09. The van der Waals surface area contributed by atoms with Gasteiger partial charge < -0.3 is 9.30 Å². The minimum absolute atomic E-state index is 0.700. The summed E-state index contributed by atoms with van der Waals surface area (Å²) in [5.74, 6) is 0. The molecule has 0 aliphatic heterocycles. The first-order valence-electron chi connectivity index (χ1n) is 4.86. The topological polar surface area (TPSA) is 20.5 Å². The molecule has 0 aromatic carbocycles. The summed E-state index contributed by atoms with van der Waals surface area (Å²) in [6.45, 7) is 2.88. The molecule has 0 radical (unpaired) electrons. The summed E-state index contributed by atoms with van der Waals surface area (Å²) < 4.78 is 2.05. The molecule has 0 amide bonds. The number of hydrogen-bond acceptors (Lipinski definition) is 2. The Morgan fingerprint density at radius 2 is 2.20 bits per heavy atom. The third-order valence-corrected chi connectivity index (χ3v) is 2.66. The van der Waals surface area contributed by atoms with Crippen LogP contribution in [0.5, 0.6) is 0 Å². The predicted molar refractivity (Wildman–Crippen MR) is 62.3 cm³/mol. The number of hydrogen-bond donors (Lipinski definition) is 0. The molecular formula is C11H14ClN3. The lowest BCUT2D eigenvalue weighted by Crippen LogP contribution is -2.13. The van der Waals surface area contributed by atoms with E-state index in [4.69, 9.17) is 11.6 Å². The van der Waals surface area contributed by atoms with E-state index >= 15 is 0 Å². The molecular weight excluding hydrogens is 210 g/mol. The van der Waals surface area contributed by atoms with Crippen LogP contribution in [0.25, 0.3) is 5.65 Å². The van der Waals surface area contributed by atoms with E-state index < -0.39 is 0 Å². The standard InChI is InChI=1S/C11H14ClN3/c1-8-10(7-14(2)3)15-6-4-5-9(12)11(15)13-8/h4-6H,7H2,1-3H3. The van der Waals surface area contributed by atoms with Gasteiger partial charge in [-0.25, -0.2) is 4.98 Å². The highest BCUT2D eigenvalue weighted by Crippen LogP contribution is 2.20.